The molecule has 0 amide bonds. The van der Waals surface area contributed by atoms with Crippen LogP contribution in [0, 0.1) is 0 Å². The second-order valence-electron chi connectivity index (χ2n) is 4.39. The van der Waals surface area contributed by atoms with Crippen LogP contribution in [-0.2, 0) is 5.75 Å². The van der Waals surface area contributed by atoms with Crippen LogP contribution in [0.1, 0.15) is 31.2 Å². The smallest absolute Gasteiger partial charge is 0.210 e. The maximum atomic E-state index is 6.12. The number of thioether (sulfide) groups is 1. The molecule has 0 aliphatic rings. The minimum atomic E-state index is 0.242. The van der Waals surface area contributed by atoms with E-state index in [1.165, 1.54) is 16.4 Å². The first-order chi connectivity index (χ1) is 8.99. The second kappa shape index (κ2) is 6.03. The lowest BCUT2D eigenvalue weighted by Gasteiger charge is -2.06. The Balaban J connectivity index is 2.10. The van der Waals surface area contributed by atoms with Crippen molar-refractivity contribution < 1.29 is 0 Å². The summed E-state index contributed by atoms with van der Waals surface area (Å²) in [6.07, 6.45) is 0. The number of nitrogens with zero attached hydrogens (tertiary/aromatic N) is 3. The minimum absolute atomic E-state index is 0.242. The van der Waals surface area contributed by atoms with E-state index in [0.717, 1.165) is 11.4 Å². The van der Waals surface area contributed by atoms with E-state index in [1.807, 2.05) is 26.0 Å². The molecule has 7 heteroatoms. The van der Waals surface area contributed by atoms with E-state index >= 15 is 0 Å². The summed E-state index contributed by atoms with van der Waals surface area (Å²) in [6, 6.07) is 5.44. The normalized spacial score (nSPS) is 11.2. The van der Waals surface area contributed by atoms with Crippen molar-refractivity contribution in [3.05, 3.63) is 39.6 Å². The third-order valence-electron chi connectivity index (χ3n) is 2.58. The molecule has 1 aromatic heterocycles. The Kier molecular flexibility index (Phi) is 4.60. The van der Waals surface area contributed by atoms with Gasteiger partial charge in [0.1, 0.15) is 0 Å². The third kappa shape index (κ3) is 3.35. The van der Waals surface area contributed by atoms with Crippen LogP contribution in [-0.4, -0.2) is 14.9 Å². The van der Waals surface area contributed by atoms with Gasteiger partial charge < -0.3 is 5.84 Å². The fourth-order valence-electron chi connectivity index (χ4n) is 1.56. The molecule has 0 fully saturated rings. The Hall–Kier alpha value is -0.910. The lowest BCUT2D eigenvalue weighted by atomic mass is 10.2. The van der Waals surface area contributed by atoms with Crippen molar-refractivity contribution in [3.8, 4) is 0 Å². The van der Waals surface area contributed by atoms with Crippen molar-refractivity contribution in [1.29, 1.82) is 0 Å². The van der Waals surface area contributed by atoms with Gasteiger partial charge in [-0.25, -0.2) is 4.68 Å². The van der Waals surface area contributed by atoms with E-state index in [-0.39, 0.29) is 5.92 Å². The molecule has 0 aliphatic carbocycles. The summed E-state index contributed by atoms with van der Waals surface area (Å²) in [4.78, 5) is 0. The first-order valence-electron chi connectivity index (χ1n) is 5.76. The van der Waals surface area contributed by atoms with Crippen molar-refractivity contribution >= 4 is 35.0 Å². The van der Waals surface area contributed by atoms with E-state index in [0.29, 0.717) is 21.0 Å². The molecule has 0 bridgehead atoms. The zero-order chi connectivity index (χ0) is 14.0. The van der Waals surface area contributed by atoms with Gasteiger partial charge in [0.25, 0.3) is 0 Å². The Labute approximate surface area is 126 Å². The van der Waals surface area contributed by atoms with Gasteiger partial charge in [0.05, 0.1) is 0 Å². The van der Waals surface area contributed by atoms with E-state index in [9.17, 15) is 0 Å². The van der Waals surface area contributed by atoms with Gasteiger partial charge in [-0.2, -0.15) is 0 Å². The Morgan fingerprint density at radius 1 is 1.32 bits per heavy atom. The monoisotopic (exact) mass is 316 g/mol. The fraction of sp³-hybridized carbons (Fsp3) is 0.333. The number of nitrogen functional groups attached to an aromatic ring is 1. The molecular formula is C12H14Cl2N4S. The summed E-state index contributed by atoms with van der Waals surface area (Å²) in [7, 11) is 0. The molecule has 2 rings (SSSR count). The standard InChI is InChI=1S/C12H14Cl2N4S/c1-7(2)11-16-17-12(18(11)15)19-6-8-3-4-9(13)5-10(8)14/h3-5,7H,6,15H2,1-2H3. The Morgan fingerprint density at radius 3 is 2.63 bits per heavy atom. The van der Waals surface area contributed by atoms with Crippen molar-refractivity contribution in [1.82, 2.24) is 14.9 Å². The zero-order valence-electron chi connectivity index (χ0n) is 10.6. The molecule has 1 aromatic carbocycles. The molecule has 19 heavy (non-hydrogen) atoms. The van der Waals surface area contributed by atoms with Crippen LogP contribution in [0.2, 0.25) is 10.0 Å². The molecular weight excluding hydrogens is 303 g/mol. The largest absolute Gasteiger partial charge is 0.336 e. The number of halogens is 2. The van der Waals surface area contributed by atoms with Crippen LogP contribution < -0.4 is 5.84 Å². The van der Waals surface area contributed by atoms with Crippen LogP contribution in [0.5, 0.6) is 0 Å². The van der Waals surface area contributed by atoms with E-state index in [2.05, 4.69) is 10.2 Å². The van der Waals surface area contributed by atoms with E-state index in [1.54, 1.807) is 6.07 Å². The maximum Gasteiger partial charge on any atom is 0.210 e. The first-order valence-corrected chi connectivity index (χ1v) is 7.50. The quantitative estimate of drug-likeness (QED) is 0.690. The molecule has 2 N–H and O–H groups in total. The number of rotatable bonds is 4. The molecule has 4 nitrogen and oxygen atoms in total. The Morgan fingerprint density at radius 2 is 2.05 bits per heavy atom. The molecule has 0 unspecified atom stereocenters. The highest BCUT2D eigenvalue weighted by atomic mass is 35.5. The summed E-state index contributed by atoms with van der Waals surface area (Å²) in [5, 5.41) is 10.1. The van der Waals surface area contributed by atoms with Gasteiger partial charge in [0.2, 0.25) is 5.16 Å². The molecule has 0 aliphatic heterocycles. The van der Waals surface area contributed by atoms with Crippen LogP contribution >= 0.6 is 35.0 Å². The molecule has 2 aromatic rings. The van der Waals surface area contributed by atoms with Crippen molar-refractivity contribution in [2.45, 2.75) is 30.7 Å². The predicted octanol–water partition coefficient (Wildman–Crippen LogP) is 3.71. The molecule has 1 heterocycles. The fourth-order valence-corrected chi connectivity index (χ4v) is 2.98. The Bertz CT molecular complexity index is 583. The van der Waals surface area contributed by atoms with Gasteiger partial charge in [-0.15, -0.1) is 10.2 Å². The summed E-state index contributed by atoms with van der Waals surface area (Å²) in [5.74, 6) is 7.63. The SMILES string of the molecule is CC(C)c1nnc(SCc2ccc(Cl)cc2Cl)n1N. The number of hydrogen-bond acceptors (Lipinski definition) is 4. The molecule has 0 spiro atoms. The number of nitrogens with two attached hydrogens (primary N) is 1. The summed E-state index contributed by atoms with van der Waals surface area (Å²) in [6.45, 7) is 4.05. The lowest BCUT2D eigenvalue weighted by molar-refractivity contribution is 0.712. The molecule has 0 atom stereocenters. The first kappa shape index (κ1) is 14.5. The van der Waals surface area contributed by atoms with Gasteiger partial charge in [-0.05, 0) is 17.7 Å². The van der Waals surface area contributed by atoms with E-state index in [4.69, 9.17) is 29.0 Å². The predicted molar refractivity (Wildman–Crippen MR) is 80.3 cm³/mol. The second-order valence-corrected chi connectivity index (χ2v) is 6.18. The highest BCUT2D eigenvalue weighted by Crippen LogP contribution is 2.28. The zero-order valence-corrected chi connectivity index (χ0v) is 12.9. The topological polar surface area (TPSA) is 56.7 Å². The summed E-state index contributed by atoms with van der Waals surface area (Å²) >= 11 is 13.5. The van der Waals surface area contributed by atoms with Gasteiger partial charge in [-0.1, -0.05) is 54.9 Å². The van der Waals surface area contributed by atoms with Crippen molar-refractivity contribution in [2.75, 3.05) is 5.84 Å². The maximum absolute atomic E-state index is 6.12. The molecule has 102 valence electrons. The molecule has 0 saturated carbocycles. The minimum Gasteiger partial charge on any atom is -0.336 e. The van der Waals surface area contributed by atoms with Gasteiger partial charge in [0.15, 0.2) is 5.82 Å². The number of hydrogen-bond donors (Lipinski definition) is 1. The number of benzene rings is 1. The van der Waals surface area contributed by atoms with Crippen LogP contribution in [0.25, 0.3) is 0 Å². The van der Waals surface area contributed by atoms with Crippen molar-refractivity contribution in [3.63, 3.8) is 0 Å². The van der Waals surface area contributed by atoms with E-state index < -0.39 is 0 Å². The average Bonchev–Trinajstić information content (AvgIpc) is 2.70. The number of aromatic nitrogens is 3. The summed E-state index contributed by atoms with van der Waals surface area (Å²) < 4.78 is 1.53. The van der Waals surface area contributed by atoms with Crippen LogP contribution in [0.3, 0.4) is 0 Å². The molecule has 0 radical (unpaired) electrons. The van der Waals surface area contributed by atoms with Crippen molar-refractivity contribution in [2.24, 2.45) is 0 Å². The van der Waals surface area contributed by atoms with Crippen LogP contribution in [0.4, 0.5) is 0 Å². The van der Waals surface area contributed by atoms with Gasteiger partial charge in [0, 0.05) is 21.7 Å². The van der Waals surface area contributed by atoms with Gasteiger partial charge >= 0.3 is 0 Å². The highest BCUT2D eigenvalue weighted by molar-refractivity contribution is 7.98. The summed E-state index contributed by atoms with van der Waals surface area (Å²) in [5.41, 5.74) is 0.991. The highest BCUT2D eigenvalue weighted by Gasteiger charge is 2.13. The third-order valence-corrected chi connectivity index (χ3v) is 4.16. The van der Waals surface area contributed by atoms with Crippen LogP contribution in [0.15, 0.2) is 23.4 Å². The van der Waals surface area contributed by atoms with Gasteiger partial charge in [-0.3, -0.25) is 0 Å². The average molecular weight is 317 g/mol. The lowest BCUT2D eigenvalue weighted by Crippen LogP contribution is -2.14. The molecule has 0 saturated heterocycles.